The van der Waals surface area contributed by atoms with E-state index in [1.165, 1.54) is 51.6 Å². The van der Waals surface area contributed by atoms with Gasteiger partial charge in [0, 0.05) is 0 Å². The summed E-state index contributed by atoms with van der Waals surface area (Å²) in [4.78, 5) is 0. The van der Waals surface area contributed by atoms with Gasteiger partial charge in [-0.25, -0.2) is 0 Å². The molecule has 0 N–H and O–H groups in total. The van der Waals surface area contributed by atoms with Crippen molar-refractivity contribution < 1.29 is 0 Å². The summed E-state index contributed by atoms with van der Waals surface area (Å²) in [5.41, 5.74) is 4.35. The Bertz CT molecular complexity index is 164. The van der Waals surface area contributed by atoms with Crippen LogP contribution < -0.4 is 0 Å². The number of nitrogens with zero attached hydrogens (tertiary/aromatic N) is 1. The SMILES string of the molecule is CCCC(=C[SiH2]N(CCC)CCC)CCC. The number of hydrogen-bond donors (Lipinski definition) is 0. The topological polar surface area (TPSA) is 3.24 Å². The Hall–Kier alpha value is -0.0831. The van der Waals surface area contributed by atoms with Crippen molar-refractivity contribution in [1.29, 1.82) is 0 Å². The second-order valence-corrected chi connectivity index (χ2v) is 6.33. The van der Waals surface area contributed by atoms with Gasteiger partial charge in [-0.3, -0.25) is 0 Å². The van der Waals surface area contributed by atoms with Gasteiger partial charge in [0.2, 0.25) is 0 Å². The Kier molecular flexibility index (Phi) is 11.3. The van der Waals surface area contributed by atoms with E-state index in [4.69, 9.17) is 0 Å². The summed E-state index contributed by atoms with van der Waals surface area (Å²) in [6.45, 7) is 11.8. The molecule has 0 radical (unpaired) electrons. The minimum absolute atomic E-state index is 0.113. The molecule has 0 aliphatic carbocycles. The Labute approximate surface area is 105 Å². The molecule has 0 aromatic heterocycles. The van der Waals surface area contributed by atoms with Crippen molar-refractivity contribution in [3.8, 4) is 0 Å². The minimum atomic E-state index is -0.113. The molecule has 0 aromatic carbocycles. The standard InChI is InChI=1S/C14H31NSi/c1-5-9-14(10-6-2)13-16-15(11-7-3)12-8-4/h13H,5-12,16H2,1-4H3. The zero-order valence-electron chi connectivity index (χ0n) is 11.9. The van der Waals surface area contributed by atoms with Gasteiger partial charge in [0.05, 0.1) is 0 Å². The molecule has 0 aromatic rings. The average Bonchev–Trinajstić information content (AvgIpc) is 2.27. The number of rotatable bonds is 10. The van der Waals surface area contributed by atoms with E-state index in [0.717, 1.165) is 0 Å². The summed E-state index contributed by atoms with van der Waals surface area (Å²) in [6.07, 6.45) is 7.87. The molecular formula is C14H31NSi. The van der Waals surface area contributed by atoms with Gasteiger partial charge in [0.15, 0.2) is 0 Å². The molecule has 0 unspecified atom stereocenters. The summed E-state index contributed by atoms with van der Waals surface area (Å²) >= 11 is 0. The molecule has 1 nitrogen and oxygen atoms in total. The molecule has 2 heteroatoms. The van der Waals surface area contributed by atoms with Crippen molar-refractivity contribution in [3.05, 3.63) is 11.3 Å². The van der Waals surface area contributed by atoms with Crippen molar-refractivity contribution >= 4 is 9.68 Å². The van der Waals surface area contributed by atoms with Gasteiger partial charge in [0.1, 0.15) is 9.68 Å². The fourth-order valence-corrected chi connectivity index (χ4v) is 4.08. The lowest BCUT2D eigenvalue weighted by Crippen LogP contribution is -2.28. The highest BCUT2D eigenvalue weighted by Gasteiger charge is 2.02. The number of allylic oxidation sites excluding steroid dienone is 1. The Morgan fingerprint density at radius 1 is 0.875 bits per heavy atom. The second kappa shape index (κ2) is 11.4. The van der Waals surface area contributed by atoms with E-state index < -0.39 is 0 Å². The molecule has 16 heavy (non-hydrogen) atoms. The summed E-state index contributed by atoms with van der Waals surface area (Å²) in [7, 11) is -0.113. The maximum absolute atomic E-state index is 2.71. The maximum atomic E-state index is 2.71. The van der Waals surface area contributed by atoms with E-state index in [-0.39, 0.29) is 9.68 Å². The summed E-state index contributed by atoms with van der Waals surface area (Å²) in [6, 6.07) is 0. The molecule has 96 valence electrons. The molecule has 0 spiro atoms. The van der Waals surface area contributed by atoms with Crippen LogP contribution in [0.3, 0.4) is 0 Å². The normalized spacial score (nSPS) is 11.6. The van der Waals surface area contributed by atoms with Gasteiger partial charge >= 0.3 is 0 Å². The van der Waals surface area contributed by atoms with Crippen molar-refractivity contribution in [1.82, 2.24) is 4.57 Å². The van der Waals surface area contributed by atoms with Crippen molar-refractivity contribution in [2.45, 2.75) is 66.2 Å². The number of hydrogen-bond acceptors (Lipinski definition) is 1. The van der Waals surface area contributed by atoms with Crippen LogP contribution >= 0.6 is 0 Å². The highest BCUT2D eigenvalue weighted by molar-refractivity contribution is 6.39. The lowest BCUT2D eigenvalue weighted by molar-refractivity contribution is 0.444. The summed E-state index contributed by atoms with van der Waals surface area (Å²) in [5.74, 6) is 0. The molecule has 0 aliphatic rings. The van der Waals surface area contributed by atoms with Gasteiger partial charge < -0.3 is 4.57 Å². The summed E-state index contributed by atoms with van der Waals surface area (Å²) in [5, 5.41) is 0. The van der Waals surface area contributed by atoms with Crippen LogP contribution in [-0.2, 0) is 0 Å². The molecule has 0 fully saturated rings. The van der Waals surface area contributed by atoms with Crippen LogP contribution in [0.1, 0.15) is 66.2 Å². The first-order valence-electron chi connectivity index (χ1n) is 7.18. The zero-order valence-corrected chi connectivity index (χ0v) is 13.3. The van der Waals surface area contributed by atoms with E-state index in [1.54, 1.807) is 5.57 Å². The molecule has 0 heterocycles. The smallest absolute Gasteiger partial charge is 0.119 e. The van der Waals surface area contributed by atoms with E-state index in [2.05, 4.69) is 38.0 Å². The fourth-order valence-electron chi connectivity index (χ4n) is 2.16. The third-order valence-electron chi connectivity index (χ3n) is 2.86. The van der Waals surface area contributed by atoms with Gasteiger partial charge in [-0.05, 0) is 38.8 Å². The molecule has 0 amide bonds. The first-order valence-corrected chi connectivity index (χ1v) is 8.63. The molecule has 0 saturated heterocycles. The zero-order chi connectivity index (χ0) is 12.2. The second-order valence-electron chi connectivity index (χ2n) is 4.66. The largest absolute Gasteiger partial charge is 0.325 e. The van der Waals surface area contributed by atoms with E-state index >= 15 is 0 Å². The predicted octanol–water partition coefficient (Wildman–Crippen LogP) is 3.68. The molecule has 0 rings (SSSR count). The minimum Gasteiger partial charge on any atom is -0.325 e. The highest BCUT2D eigenvalue weighted by Crippen LogP contribution is 2.11. The van der Waals surface area contributed by atoms with Crippen molar-refractivity contribution in [2.75, 3.05) is 13.1 Å². The van der Waals surface area contributed by atoms with Crippen LogP contribution in [-0.4, -0.2) is 27.3 Å². The van der Waals surface area contributed by atoms with Crippen LogP contribution in [0.15, 0.2) is 11.3 Å². The van der Waals surface area contributed by atoms with Crippen molar-refractivity contribution in [2.24, 2.45) is 0 Å². The Morgan fingerprint density at radius 2 is 1.38 bits per heavy atom. The van der Waals surface area contributed by atoms with Gasteiger partial charge in [-0.15, -0.1) is 0 Å². The van der Waals surface area contributed by atoms with Crippen LogP contribution in [0.25, 0.3) is 0 Å². The van der Waals surface area contributed by atoms with Crippen molar-refractivity contribution in [3.63, 3.8) is 0 Å². The van der Waals surface area contributed by atoms with Crippen LogP contribution in [0.5, 0.6) is 0 Å². The molecule has 0 bridgehead atoms. The Morgan fingerprint density at radius 3 is 1.75 bits per heavy atom. The molecule has 0 atom stereocenters. The predicted molar refractivity (Wildman–Crippen MR) is 78.6 cm³/mol. The monoisotopic (exact) mass is 241 g/mol. The lowest BCUT2D eigenvalue weighted by atomic mass is 10.1. The molecule has 0 aliphatic heterocycles. The third-order valence-corrected chi connectivity index (χ3v) is 4.77. The lowest BCUT2D eigenvalue weighted by Gasteiger charge is -2.19. The van der Waals surface area contributed by atoms with Crippen LogP contribution in [0.2, 0.25) is 0 Å². The van der Waals surface area contributed by atoms with Gasteiger partial charge in [-0.2, -0.15) is 0 Å². The summed E-state index contributed by atoms with van der Waals surface area (Å²) < 4.78 is 2.71. The van der Waals surface area contributed by atoms with Crippen LogP contribution in [0.4, 0.5) is 0 Å². The fraction of sp³-hybridized carbons (Fsp3) is 0.857. The third kappa shape index (κ3) is 8.11. The molecular weight excluding hydrogens is 210 g/mol. The quantitative estimate of drug-likeness (QED) is 0.528. The first-order chi connectivity index (χ1) is 7.78. The van der Waals surface area contributed by atoms with E-state index in [9.17, 15) is 0 Å². The van der Waals surface area contributed by atoms with Gasteiger partial charge in [0.25, 0.3) is 0 Å². The van der Waals surface area contributed by atoms with Crippen LogP contribution in [0, 0.1) is 0 Å². The highest BCUT2D eigenvalue weighted by atomic mass is 28.2. The Balaban J connectivity index is 4.11. The first kappa shape index (κ1) is 15.9. The van der Waals surface area contributed by atoms with Gasteiger partial charge in [-0.1, -0.05) is 51.8 Å². The van der Waals surface area contributed by atoms with E-state index in [0.29, 0.717) is 0 Å². The average molecular weight is 241 g/mol. The maximum Gasteiger partial charge on any atom is 0.119 e. The molecule has 0 saturated carbocycles. The van der Waals surface area contributed by atoms with E-state index in [1.807, 2.05) is 0 Å².